The van der Waals surface area contributed by atoms with Gasteiger partial charge in [0.05, 0.1) is 19.0 Å². The van der Waals surface area contributed by atoms with E-state index >= 15 is 0 Å². The molecule has 0 saturated carbocycles. The number of aromatic nitrogens is 3. The van der Waals surface area contributed by atoms with Crippen molar-refractivity contribution in [1.29, 1.82) is 0 Å². The van der Waals surface area contributed by atoms with E-state index in [-0.39, 0.29) is 0 Å². The standard InChI is InChI=1S/C15H20ClN5O/c1-4-5-6-17-14-9-18-21-15(20-14)19-12-7-10(2)11(16)8-13(12)22-3/h7-9H,4-6H2,1-3H3,(H2,17,19,20,21). The third-order valence-electron chi connectivity index (χ3n) is 3.12. The predicted octanol–water partition coefficient (Wildman–Crippen LogP) is 3.80. The zero-order valence-electron chi connectivity index (χ0n) is 13.0. The molecule has 6 nitrogen and oxygen atoms in total. The fraction of sp³-hybridized carbons (Fsp3) is 0.400. The van der Waals surface area contributed by atoms with Crippen LogP contribution in [0.25, 0.3) is 0 Å². The minimum Gasteiger partial charge on any atom is -0.495 e. The molecular weight excluding hydrogens is 302 g/mol. The van der Waals surface area contributed by atoms with Crippen LogP contribution >= 0.6 is 11.6 Å². The summed E-state index contributed by atoms with van der Waals surface area (Å²) in [7, 11) is 1.59. The Kier molecular flexibility index (Phi) is 5.77. The second-order valence-electron chi connectivity index (χ2n) is 4.87. The van der Waals surface area contributed by atoms with Gasteiger partial charge in [0.25, 0.3) is 0 Å². The van der Waals surface area contributed by atoms with E-state index in [1.165, 1.54) is 0 Å². The summed E-state index contributed by atoms with van der Waals surface area (Å²) in [5.74, 6) is 1.72. The minimum absolute atomic E-state index is 0.404. The molecular formula is C15H20ClN5O. The quantitative estimate of drug-likeness (QED) is 0.756. The largest absolute Gasteiger partial charge is 0.495 e. The number of aryl methyl sites for hydroxylation is 1. The normalized spacial score (nSPS) is 10.4. The van der Waals surface area contributed by atoms with Gasteiger partial charge < -0.3 is 15.4 Å². The van der Waals surface area contributed by atoms with Gasteiger partial charge in [-0.1, -0.05) is 24.9 Å². The lowest BCUT2D eigenvalue weighted by molar-refractivity contribution is 0.416. The first-order valence-electron chi connectivity index (χ1n) is 7.18. The van der Waals surface area contributed by atoms with E-state index in [0.29, 0.717) is 22.5 Å². The van der Waals surface area contributed by atoms with Gasteiger partial charge in [-0.2, -0.15) is 10.1 Å². The van der Waals surface area contributed by atoms with Crippen LogP contribution in [0, 0.1) is 6.92 Å². The van der Waals surface area contributed by atoms with Crippen LogP contribution in [0.1, 0.15) is 25.3 Å². The first kappa shape index (κ1) is 16.3. The zero-order chi connectivity index (χ0) is 15.9. The van der Waals surface area contributed by atoms with Gasteiger partial charge in [-0.25, -0.2) is 0 Å². The first-order valence-corrected chi connectivity index (χ1v) is 7.56. The molecule has 22 heavy (non-hydrogen) atoms. The summed E-state index contributed by atoms with van der Waals surface area (Å²) in [6, 6.07) is 3.65. The number of benzene rings is 1. The SMILES string of the molecule is CCCCNc1cnnc(Nc2cc(C)c(Cl)cc2OC)n1. The number of nitrogens with one attached hydrogen (secondary N) is 2. The average Bonchev–Trinajstić information content (AvgIpc) is 2.51. The number of ether oxygens (including phenoxy) is 1. The van der Waals surface area contributed by atoms with Crippen LogP contribution in [0.3, 0.4) is 0 Å². The number of methoxy groups -OCH3 is 1. The summed E-state index contributed by atoms with van der Waals surface area (Å²) in [6.07, 6.45) is 3.81. The molecule has 2 aromatic rings. The van der Waals surface area contributed by atoms with Crippen molar-refractivity contribution in [3.63, 3.8) is 0 Å². The topological polar surface area (TPSA) is 72.0 Å². The van der Waals surface area contributed by atoms with Crippen LogP contribution in [0.4, 0.5) is 17.5 Å². The third-order valence-corrected chi connectivity index (χ3v) is 3.53. The number of hydrogen-bond acceptors (Lipinski definition) is 6. The molecule has 0 spiro atoms. The van der Waals surface area contributed by atoms with Crippen LogP contribution in [-0.2, 0) is 0 Å². The minimum atomic E-state index is 0.404. The van der Waals surface area contributed by atoms with Crippen LogP contribution in [0.5, 0.6) is 5.75 Å². The average molecular weight is 322 g/mol. The van der Waals surface area contributed by atoms with Gasteiger partial charge in [0.2, 0.25) is 5.95 Å². The number of halogens is 1. The Morgan fingerprint density at radius 2 is 2.14 bits per heavy atom. The molecule has 0 aliphatic carbocycles. The van der Waals surface area contributed by atoms with Gasteiger partial charge >= 0.3 is 0 Å². The van der Waals surface area contributed by atoms with E-state index in [2.05, 4.69) is 32.7 Å². The number of anilines is 3. The van der Waals surface area contributed by atoms with E-state index in [4.69, 9.17) is 16.3 Å². The molecule has 0 atom stereocenters. The molecule has 0 aliphatic rings. The zero-order valence-corrected chi connectivity index (χ0v) is 13.7. The summed E-state index contributed by atoms with van der Waals surface area (Å²) in [4.78, 5) is 4.38. The Morgan fingerprint density at radius 3 is 2.86 bits per heavy atom. The number of hydrogen-bond donors (Lipinski definition) is 2. The van der Waals surface area contributed by atoms with E-state index < -0.39 is 0 Å². The molecule has 0 fully saturated rings. The summed E-state index contributed by atoms with van der Waals surface area (Å²) in [5.41, 5.74) is 1.69. The number of unbranched alkanes of at least 4 members (excludes halogenated alkanes) is 1. The maximum absolute atomic E-state index is 6.10. The first-order chi connectivity index (χ1) is 10.6. The molecule has 1 heterocycles. The maximum atomic E-state index is 6.10. The highest BCUT2D eigenvalue weighted by Crippen LogP contribution is 2.32. The Hall–Kier alpha value is -2.08. The fourth-order valence-corrected chi connectivity index (χ4v) is 2.04. The van der Waals surface area contributed by atoms with Gasteiger partial charge in [0.1, 0.15) is 5.75 Å². The van der Waals surface area contributed by atoms with Crippen LogP contribution in [0.15, 0.2) is 18.3 Å². The van der Waals surface area contributed by atoms with E-state index in [1.54, 1.807) is 19.4 Å². The van der Waals surface area contributed by atoms with Crippen LogP contribution in [0.2, 0.25) is 5.02 Å². The van der Waals surface area contributed by atoms with Gasteiger partial charge in [-0.15, -0.1) is 5.10 Å². The molecule has 0 radical (unpaired) electrons. The summed E-state index contributed by atoms with van der Waals surface area (Å²) in [6.45, 7) is 4.93. The maximum Gasteiger partial charge on any atom is 0.249 e. The highest BCUT2D eigenvalue weighted by molar-refractivity contribution is 6.31. The molecule has 0 unspecified atom stereocenters. The van der Waals surface area contributed by atoms with Crippen molar-refractivity contribution in [3.8, 4) is 5.75 Å². The van der Waals surface area contributed by atoms with Crippen molar-refractivity contribution >= 4 is 29.1 Å². The molecule has 118 valence electrons. The monoisotopic (exact) mass is 321 g/mol. The molecule has 1 aromatic carbocycles. The second kappa shape index (κ2) is 7.79. The van der Waals surface area contributed by atoms with Gasteiger partial charge in [0.15, 0.2) is 5.82 Å². The second-order valence-corrected chi connectivity index (χ2v) is 5.28. The summed E-state index contributed by atoms with van der Waals surface area (Å²) >= 11 is 6.10. The van der Waals surface area contributed by atoms with Gasteiger partial charge in [-0.3, -0.25) is 0 Å². The summed E-state index contributed by atoms with van der Waals surface area (Å²) < 4.78 is 5.32. The molecule has 0 saturated heterocycles. The fourth-order valence-electron chi connectivity index (χ4n) is 1.89. The number of nitrogens with zero attached hydrogens (tertiary/aromatic N) is 3. The Balaban J connectivity index is 2.16. The van der Waals surface area contributed by atoms with Crippen LogP contribution < -0.4 is 15.4 Å². The molecule has 2 rings (SSSR count). The third kappa shape index (κ3) is 4.21. The van der Waals surface area contributed by atoms with E-state index in [0.717, 1.165) is 30.6 Å². The highest BCUT2D eigenvalue weighted by atomic mass is 35.5. The Bertz CT molecular complexity index is 635. The van der Waals surface area contributed by atoms with E-state index in [1.807, 2.05) is 13.0 Å². The Morgan fingerprint density at radius 1 is 1.32 bits per heavy atom. The van der Waals surface area contributed by atoms with Crippen molar-refractivity contribution in [1.82, 2.24) is 15.2 Å². The van der Waals surface area contributed by atoms with Gasteiger partial charge in [0, 0.05) is 17.6 Å². The molecule has 0 amide bonds. The lowest BCUT2D eigenvalue weighted by atomic mass is 10.2. The molecule has 0 aliphatic heterocycles. The predicted molar refractivity (Wildman–Crippen MR) is 89.2 cm³/mol. The van der Waals surface area contributed by atoms with Crippen LogP contribution in [-0.4, -0.2) is 28.8 Å². The Labute approximate surface area is 135 Å². The number of rotatable bonds is 7. The summed E-state index contributed by atoms with van der Waals surface area (Å²) in [5, 5.41) is 14.9. The van der Waals surface area contributed by atoms with Crippen molar-refractivity contribution in [3.05, 3.63) is 28.9 Å². The smallest absolute Gasteiger partial charge is 0.249 e. The van der Waals surface area contributed by atoms with Gasteiger partial charge in [-0.05, 0) is 25.0 Å². The molecule has 7 heteroatoms. The molecule has 2 N–H and O–H groups in total. The van der Waals surface area contributed by atoms with E-state index in [9.17, 15) is 0 Å². The van der Waals surface area contributed by atoms with Crippen molar-refractivity contribution in [2.45, 2.75) is 26.7 Å². The highest BCUT2D eigenvalue weighted by Gasteiger charge is 2.09. The lowest BCUT2D eigenvalue weighted by Gasteiger charge is -2.12. The molecule has 0 bridgehead atoms. The molecule has 1 aromatic heterocycles. The lowest BCUT2D eigenvalue weighted by Crippen LogP contribution is -2.07. The van der Waals surface area contributed by atoms with Crippen molar-refractivity contribution < 1.29 is 4.74 Å². The van der Waals surface area contributed by atoms with Crippen molar-refractivity contribution in [2.24, 2.45) is 0 Å². The van der Waals surface area contributed by atoms with Crippen molar-refractivity contribution in [2.75, 3.05) is 24.3 Å².